The quantitative estimate of drug-likeness (QED) is 0.306. The zero-order chi connectivity index (χ0) is 25.1. The molecule has 36 heavy (non-hydrogen) atoms. The molecule has 1 aromatic carbocycles. The first-order valence-corrected chi connectivity index (χ1v) is 12.5. The van der Waals surface area contributed by atoms with Crippen molar-refractivity contribution in [2.45, 2.75) is 46.1 Å². The minimum absolute atomic E-state index is 0.426. The summed E-state index contributed by atoms with van der Waals surface area (Å²) >= 11 is 6.31. The van der Waals surface area contributed by atoms with E-state index in [2.05, 4.69) is 71.6 Å². The molecule has 3 aromatic heterocycles. The van der Waals surface area contributed by atoms with Crippen LogP contribution in [0.3, 0.4) is 0 Å². The van der Waals surface area contributed by atoms with Crippen molar-refractivity contribution in [1.29, 1.82) is 0 Å². The maximum absolute atomic E-state index is 6.31. The fourth-order valence-electron chi connectivity index (χ4n) is 4.69. The summed E-state index contributed by atoms with van der Waals surface area (Å²) in [5.41, 5.74) is 6.82. The fraction of sp³-hybridized carbons (Fsp3) is 0.346. The number of H-pyrrole nitrogens is 1. The molecule has 9 nitrogen and oxygen atoms in total. The smallest absolute Gasteiger partial charge is 0.229 e. The third-order valence-electron chi connectivity index (χ3n) is 6.59. The molecule has 0 saturated carbocycles. The molecule has 4 heterocycles. The van der Waals surface area contributed by atoms with Gasteiger partial charge in [0.05, 0.1) is 11.9 Å². The van der Waals surface area contributed by atoms with E-state index in [1.54, 1.807) is 18.6 Å². The van der Waals surface area contributed by atoms with Crippen LogP contribution in [0.2, 0.25) is 5.02 Å². The van der Waals surface area contributed by atoms with Crippen molar-refractivity contribution < 1.29 is 0 Å². The lowest BCUT2D eigenvalue weighted by atomic mass is 9.85. The highest BCUT2D eigenvalue weighted by atomic mass is 35.5. The minimum atomic E-state index is 0.426. The van der Waals surface area contributed by atoms with Crippen molar-refractivity contribution in [2.24, 2.45) is 0 Å². The van der Waals surface area contributed by atoms with Gasteiger partial charge < -0.3 is 10.6 Å². The molecule has 0 atom stereocenters. The Bertz CT molecular complexity index is 1330. The van der Waals surface area contributed by atoms with E-state index >= 15 is 0 Å². The second kappa shape index (κ2) is 10.6. The number of piperidine rings is 1. The van der Waals surface area contributed by atoms with Crippen LogP contribution >= 0.6 is 11.6 Å². The van der Waals surface area contributed by atoms with E-state index in [0.29, 0.717) is 28.5 Å². The number of nitrogens with zero attached hydrogens (tertiary/aromatic N) is 6. The molecule has 1 aliphatic heterocycles. The van der Waals surface area contributed by atoms with Gasteiger partial charge in [0.2, 0.25) is 5.95 Å². The third kappa shape index (κ3) is 5.63. The van der Waals surface area contributed by atoms with Gasteiger partial charge in [-0.1, -0.05) is 17.7 Å². The van der Waals surface area contributed by atoms with E-state index in [-0.39, 0.29) is 0 Å². The van der Waals surface area contributed by atoms with Crippen LogP contribution in [0.1, 0.15) is 46.8 Å². The number of hydrogen-bond donors (Lipinski definition) is 3. The largest absolute Gasteiger partial charge is 0.324 e. The lowest BCUT2D eigenvalue weighted by Crippen LogP contribution is -2.33. The molecule has 0 aliphatic carbocycles. The zero-order valence-corrected chi connectivity index (χ0v) is 21.5. The maximum Gasteiger partial charge on any atom is 0.229 e. The van der Waals surface area contributed by atoms with Crippen molar-refractivity contribution in [2.75, 3.05) is 23.7 Å². The highest BCUT2D eigenvalue weighted by Gasteiger charge is 2.23. The van der Waals surface area contributed by atoms with Crippen LogP contribution in [0, 0.1) is 20.8 Å². The summed E-state index contributed by atoms with van der Waals surface area (Å²) in [4.78, 5) is 20.0. The molecule has 0 bridgehead atoms. The van der Waals surface area contributed by atoms with Gasteiger partial charge in [0.15, 0.2) is 11.6 Å². The van der Waals surface area contributed by atoms with Gasteiger partial charge >= 0.3 is 0 Å². The monoisotopic (exact) mass is 503 g/mol. The van der Waals surface area contributed by atoms with Gasteiger partial charge in [0, 0.05) is 42.6 Å². The minimum Gasteiger partial charge on any atom is -0.324 e. The molecule has 0 radical (unpaired) electrons. The van der Waals surface area contributed by atoms with Crippen LogP contribution in [0.15, 0.2) is 43.0 Å². The van der Waals surface area contributed by atoms with Crippen LogP contribution in [0.25, 0.3) is 0 Å². The summed E-state index contributed by atoms with van der Waals surface area (Å²) in [7, 11) is 0. The molecular formula is C26H30ClN9. The standard InChI is InChI=1S/C26H30ClN9/c1-16-11-23(31-26-30-14-22(27)25(33-26)32-24-12-18(3)34-35-24)17(2)10-21(16)19-4-8-36(9-5-19)15-20-13-28-6-7-29-20/h6-7,10-14,19H,4-5,8-9,15H2,1-3H3,(H3,30,31,32,33,34,35). The molecule has 1 aliphatic rings. The van der Waals surface area contributed by atoms with E-state index in [9.17, 15) is 0 Å². The number of aryl methyl sites for hydroxylation is 3. The molecule has 1 fully saturated rings. The highest BCUT2D eigenvalue weighted by molar-refractivity contribution is 6.32. The first-order valence-electron chi connectivity index (χ1n) is 12.1. The van der Waals surface area contributed by atoms with Crippen molar-refractivity contribution >= 4 is 34.9 Å². The van der Waals surface area contributed by atoms with E-state index in [1.807, 2.05) is 19.2 Å². The Kier molecular flexibility index (Phi) is 7.11. The second-order valence-corrected chi connectivity index (χ2v) is 9.75. The predicted molar refractivity (Wildman–Crippen MR) is 142 cm³/mol. The van der Waals surface area contributed by atoms with Gasteiger partial charge in [-0.25, -0.2) is 4.98 Å². The Morgan fingerprint density at radius 2 is 1.83 bits per heavy atom. The molecule has 5 rings (SSSR count). The SMILES string of the molecule is Cc1cc(Nc2nc(Nc3cc(C)c(C4CCN(Cc5cnccn5)CC4)cc3C)ncc2Cl)n[nH]1. The molecule has 4 aromatic rings. The lowest BCUT2D eigenvalue weighted by molar-refractivity contribution is 0.202. The third-order valence-corrected chi connectivity index (χ3v) is 6.86. The topological polar surface area (TPSA) is 108 Å². The van der Waals surface area contributed by atoms with Crippen molar-refractivity contribution in [3.8, 4) is 0 Å². The van der Waals surface area contributed by atoms with Gasteiger partial charge in [-0.05, 0) is 75.4 Å². The summed E-state index contributed by atoms with van der Waals surface area (Å²) in [5, 5.41) is 14.0. The number of aromatic nitrogens is 6. The number of nitrogens with one attached hydrogen (secondary N) is 3. The first-order chi connectivity index (χ1) is 17.4. The average Bonchev–Trinajstić information content (AvgIpc) is 3.29. The number of hydrogen-bond acceptors (Lipinski definition) is 8. The normalized spacial score (nSPS) is 14.7. The Morgan fingerprint density at radius 1 is 1.00 bits per heavy atom. The fourth-order valence-corrected chi connectivity index (χ4v) is 4.83. The molecule has 0 amide bonds. The lowest BCUT2D eigenvalue weighted by Gasteiger charge is -2.33. The summed E-state index contributed by atoms with van der Waals surface area (Å²) in [5.74, 6) is 2.18. The van der Waals surface area contributed by atoms with Crippen molar-refractivity contribution in [3.05, 3.63) is 76.1 Å². The number of benzene rings is 1. The van der Waals surface area contributed by atoms with Crippen LogP contribution in [-0.2, 0) is 6.54 Å². The van der Waals surface area contributed by atoms with Crippen LogP contribution in [-0.4, -0.2) is 48.1 Å². The molecule has 186 valence electrons. The summed E-state index contributed by atoms with van der Waals surface area (Å²) in [6.07, 6.45) is 9.19. The first kappa shape index (κ1) is 24.1. The van der Waals surface area contributed by atoms with Crippen LogP contribution in [0.4, 0.5) is 23.3 Å². The molecular weight excluding hydrogens is 474 g/mol. The van der Waals surface area contributed by atoms with E-state index in [4.69, 9.17) is 11.6 Å². The number of anilines is 4. The Balaban J connectivity index is 1.25. The average molecular weight is 504 g/mol. The summed E-state index contributed by atoms with van der Waals surface area (Å²) in [6.45, 7) is 9.22. The molecule has 10 heteroatoms. The number of likely N-dealkylation sites (tertiary alicyclic amines) is 1. The summed E-state index contributed by atoms with van der Waals surface area (Å²) in [6, 6.07) is 6.39. The zero-order valence-electron chi connectivity index (χ0n) is 20.7. The number of aromatic amines is 1. The molecule has 0 unspecified atom stereocenters. The number of halogens is 1. The van der Waals surface area contributed by atoms with Gasteiger partial charge in [0.1, 0.15) is 5.02 Å². The molecule has 0 spiro atoms. The van der Waals surface area contributed by atoms with Gasteiger partial charge in [-0.15, -0.1) is 0 Å². The van der Waals surface area contributed by atoms with Crippen LogP contribution < -0.4 is 10.6 Å². The summed E-state index contributed by atoms with van der Waals surface area (Å²) < 4.78 is 0. The van der Waals surface area contributed by atoms with E-state index < -0.39 is 0 Å². The van der Waals surface area contributed by atoms with E-state index in [0.717, 1.165) is 55.1 Å². The van der Waals surface area contributed by atoms with Gasteiger partial charge in [-0.3, -0.25) is 20.0 Å². The van der Waals surface area contributed by atoms with E-state index in [1.165, 1.54) is 11.1 Å². The van der Waals surface area contributed by atoms with Crippen LogP contribution in [0.5, 0.6) is 0 Å². The maximum atomic E-state index is 6.31. The second-order valence-electron chi connectivity index (χ2n) is 9.35. The predicted octanol–water partition coefficient (Wildman–Crippen LogP) is 5.44. The number of rotatable bonds is 7. The molecule has 3 N–H and O–H groups in total. The Hall–Kier alpha value is -3.56. The van der Waals surface area contributed by atoms with Crippen molar-refractivity contribution in [3.63, 3.8) is 0 Å². The Labute approximate surface area is 215 Å². The highest BCUT2D eigenvalue weighted by Crippen LogP contribution is 2.34. The van der Waals surface area contributed by atoms with Crippen molar-refractivity contribution in [1.82, 2.24) is 35.0 Å². The molecule has 1 saturated heterocycles. The van der Waals surface area contributed by atoms with Gasteiger partial charge in [0.25, 0.3) is 0 Å². The Morgan fingerprint density at radius 3 is 2.56 bits per heavy atom. The van der Waals surface area contributed by atoms with Gasteiger partial charge in [-0.2, -0.15) is 10.1 Å².